The summed E-state index contributed by atoms with van der Waals surface area (Å²) in [7, 11) is 1.61. The Balaban J connectivity index is 1.45. The van der Waals surface area contributed by atoms with Crippen LogP contribution in [0.15, 0.2) is 82.7 Å². The highest BCUT2D eigenvalue weighted by atomic mass is 32.2. The molecule has 0 spiro atoms. The second kappa shape index (κ2) is 9.73. The van der Waals surface area contributed by atoms with E-state index in [4.69, 9.17) is 9.72 Å². The number of carbonyl (C=O) groups is 1. The van der Waals surface area contributed by atoms with Gasteiger partial charge in [-0.05, 0) is 54.8 Å². The first-order valence-electron chi connectivity index (χ1n) is 11.3. The molecule has 0 bridgehead atoms. The van der Waals surface area contributed by atoms with Gasteiger partial charge in [0.15, 0.2) is 5.16 Å². The van der Waals surface area contributed by atoms with E-state index >= 15 is 0 Å². The highest BCUT2D eigenvalue weighted by Crippen LogP contribution is 2.26. The number of hydrogen-bond acceptors (Lipinski definition) is 5. The summed E-state index contributed by atoms with van der Waals surface area (Å²) < 4.78 is 7.01. The topological polar surface area (TPSA) is 64.4 Å². The van der Waals surface area contributed by atoms with Gasteiger partial charge in [-0.2, -0.15) is 0 Å². The lowest BCUT2D eigenvalue weighted by Crippen LogP contribution is -2.27. The van der Waals surface area contributed by atoms with Crippen molar-refractivity contribution in [2.45, 2.75) is 23.8 Å². The fourth-order valence-corrected chi connectivity index (χ4v) is 5.15. The van der Waals surface area contributed by atoms with E-state index in [0.29, 0.717) is 38.8 Å². The van der Waals surface area contributed by atoms with Crippen molar-refractivity contribution in [2.24, 2.45) is 0 Å². The van der Waals surface area contributed by atoms with Gasteiger partial charge in [0.2, 0.25) is 0 Å². The monoisotopic (exact) mass is 471 g/mol. The first-order chi connectivity index (χ1) is 16.6. The molecule has 4 aromatic rings. The normalized spacial score (nSPS) is 13.4. The van der Waals surface area contributed by atoms with Crippen LogP contribution >= 0.6 is 11.8 Å². The Morgan fingerprint density at radius 2 is 1.76 bits per heavy atom. The summed E-state index contributed by atoms with van der Waals surface area (Å²) in [4.78, 5) is 32.8. The summed E-state index contributed by atoms with van der Waals surface area (Å²) >= 11 is 1.49. The van der Waals surface area contributed by atoms with Crippen LogP contribution in [0, 0.1) is 0 Å². The second-order valence-corrected chi connectivity index (χ2v) is 9.18. The van der Waals surface area contributed by atoms with Gasteiger partial charge in [0.25, 0.3) is 11.5 Å². The molecule has 3 aromatic carbocycles. The number of carbonyl (C=O) groups excluding carboxylic acids is 1. The lowest BCUT2D eigenvalue weighted by atomic mass is 10.1. The largest absolute Gasteiger partial charge is 0.497 e. The summed E-state index contributed by atoms with van der Waals surface area (Å²) in [5.41, 5.74) is 3.03. The average molecular weight is 472 g/mol. The molecule has 0 N–H and O–H groups in total. The molecule has 2 heterocycles. The van der Waals surface area contributed by atoms with Gasteiger partial charge in [0.1, 0.15) is 5.75 Å². The number of hydrogen-bond donors (Lipinski definition) is 0. The molecular formula is C27H25N3O3S. The van der Waals surface area contributed by atoms with Gasteiger partial charge in [-0.25, -0.2) is 4.98 Å². The van der Waals surface area contributed by atoms with Crippen molar-refractivity contribution in [1.82, 2.24) is 14.5 Å². The number of methoxy groups -OCH3 is 1. The van der Waals surface area contributed by atoms with Crippen LogP contribution in [0.25, 0.3) is 16.6 Å². The standard InChI is InChI=1S/C27H25N3O3S/c1-33-22-8-6-7-21(17-22)30-26(32)23-9-2-3-10-24(23)28-27(30)34-18-19-11-13-20(14-12-19)25(31)29-15-4-5-16-29/h2-3,6-14,17H,4-5,15-16,18H2,1H3. The van der Waals surface area contributed by atoms with Gasteiger partial charge in [-0.15, -0.1) is 0 Å². The first-order valence-corrected chi connectivity index (χ1v) is 12.3. The third-order valence-corrected chi connectivity index (χ3v) is 7.03. The quantitative estimate of drug-likeness (QED) is 0.295. The molecule has 7 heteroatoms. The molecule has 1 aliphatic heterocycles. The zero-order valence-corrected chi connectivity index (χ0v) is 19.8. The van der Waals surface area contributed by atoms with E-state index in [0.717, 1.165) is 31.5 Å². The summed E-state index contributed by atoms with van der Waals surface area (Å²) in [6, 6.07) is 22.5. The van der Waals surface area contributed by atoms with Crippen molar-refractivity contribution >= 4 is 28.6 Å². The summed E-state index contributed by atoms with van der Waals surface area (Å²) in [6.07, 6.45) is 2.16. The lowest BCUT2D eigenvalue weighted by Gasteiger charge is -2.15. The molecular weight excluding hydrogens is 446 g/mol. The maximum Gasteiger partial charge on any atom is 0.266 e. The van der Waals surface area contributed by atoms with Crippen LogP contribution in [0.5, 0.6) is 5.75 Å². The van der Waals surface area contributed by atoms with E-state index in [1.807, 2.05) is 71.6 Å². The van der Waals surface area contributed by atoms with Crippen LogP contribution < -0.4 is 10.3 Å². The van der Waals surface area contributed by atoms with E-state index in [2.05, 4.69) is 0 Å². The van der Waals surface area contributed by atoms with Crippen molar-refractivity contribution in [1.29, 1.82) is 0 Å². The molecule has 1 aromatic heterocycles. The van der Waals surface area contributed by atoms with Crippen LogP contribution in [0.1, 0.15) is 28.8 Å². The summed E-state index contributed by atoms with van der Waals surface area (Å²) in [5, 5.41) is 1.17. The van der Waals surface area contributed by atoms with Gasteiger partial charge in [-0.3, -0.25) is 14.2 Å². The highest BCUT2D eigenvalue weighted by molar-refractivity contribution is 7.98. The Morgan fingerprint density at radius 1 is 1.00 bits per heavy atom. The highest BCUT2D eigenvalue weighted by Gasteiger charge is 2.19. The minimum Gasteiger partial charge on any atom is -0.497 e. The number of fused-ring (bicyclic) bond motifs is 1. The van der Waals surface area contributed by atoms with E-state index < -0.39 is 0 Å². The van der Waals surface area contributed by atoms with Gasteiger partial charge in [0.05, 0.1) is 23.7 Å². The zero-order valence-electron chi connectivity index (χ0n) is 18.9. The first kappa shape index (κ1) is 22.2. The minimum absolute atomic E-state index is 0.0970. The molecule has 1 amide bonds. The van der Waals surface area contributed by atoms with E-state index in [9.17, 15) is 9.59 Å². The van der Waals surface area contributed by atoms with Crippen molar-refractivity contribution < 1.29 is 9.53 Å². The van der Waals surface area contributed by atoms with Crippen LogP contribution in [0.2, 0.25) is 0 Å². The predicted octanol–water partition coefficient (Wildman–Crippen LogP) is 4.92. The summed E-state index contributed by atoms with van der Waals surface area (Å²) in [5.74, 6) is 1.39. The molecule has 1 fully saturated rings. The fourth-order valence-electron chi connectivity index (χ4n) is 4.18. The number of ether oxygens (including phenoxy) is 1. The van der Waals surface area contributed by atoms with E-state index in [1.54, 1.807) is 17.7 Å². The molecule has 0 unspecified atom stereocenters. The Labute approximate surface area is 202 Å². The third kappa shape index (κ3) is 4.43. The van der Waals surface area contributed by atoms with Crippen molar-refractivity contribution in [2.75, 3.05) is 20.2 Å². The third-order valence-electron chi connectivity index (χ3n) is 6.02. The van der Waals surface area contributed by atoms with Crippen LogP contribution in [-0.2, 0) is 5.75 Å². The van der Waals surface area contributed by atoms with Gasteiger partial charge < -0.3 is 9.64 Å². The zero-order chi connectivity index (χ0) is 23.5. The Hall–Kier alpha value is -3.58. The van der Waals surface area contributed by atoms with Gasteiger partial charge in [-0.1, -0.05) is 42.1 Å². The maximum atomic E-state index is 13.4. The Morgan fingerprint density at radius 3 is 2.53 bits per heavy atom. The molecule has 1 aliphatic rings. The fraction of sp³-hybridized carbons (Fsp3) is 0.222. The van der Waals surface area contributed by atoms with Crippen molar-refractivity contribution in [3.05, 3.63) is 94.3 Å². The lowest BCUT2D eigenvalue weighted by molar-refractivity contribution is 0.0793. The molecule has 1 saturated heterocycles. The average Bonchev–Trinajstić information content (AvgIpc) is 3.43. The molecule has 0 atom stereocenters. The Bertz CT molecular complexity index is 1390. The molecule has 34 heavy (non-hydrogen) atoms. The number of para-hydroxylation sites is 1. The molecule has 5 rings (SSSR count). The molecule has 6 nitrogen and oxygen atoms in total. The Kier molecular flexibility index (Phi) is 6.36. The maximum absolute atomic E-state index is 13.4. The summed E-state index contributed by atoms with van der Waals surface area (Å²) in [6.45, 7) is 1.68. The SMILES string of the molecule is COc1cccc(-n2c(SCc3ccc(C(=O)N4CCCC4)cc3)nc3ccccc3c2=O)c1. The van der Waals surface area contributed by atoms with E-state index in [1.165, 1.54) is 11.8 Å². The van der Waals surface area contributed by atoms with Crippen molar-refractivity contribution in [3.63, 3.8) is 0 Å². The number of thioether (sulfide) groups is 1. The van der Waals surface area contributed by atoms with Crippen LogP contribution in [-0.4, -0.2) is 40.6 Å². The molecule has 172 valence electrons. The van der Waals surface area contributed by atoms with Gasteiger partial charge >= 0.3 is 0 Å². The molecule has 0 radical (unpaired) electrons. The number of nitrogens with zero attached hydrogens (tertiary/aromatic N) is 3. The van der Waals surface area contributed by atoms with Gasteiger partial charge in [0, 0.05) is 30.5 Å². The number of likely N-dealkylation sites (tertiary alicyclic amines) is 1. The number of aromatic nitrogens is 2. The predicted molar refractivity (Wildman–Crippen MR) is 135 cm³/mol. The number of benzene rings is 3. The van der Waals surface area contributed by atoms with E-state index in [-0.39, 0.29) is 11.5 Å². The van der Waals surface area contributed by atoms with Crippen LogP contribution in [0.3, 0.4) is 0 Å². The second-order valence-electron chi connectivity index (χ2n) is 8.24. The van der Waals surface area contributed by atoms with Crippen molar-refractivity contribution in [3.8, 4) is 11.4 Å². The number of rotatable bonds is 6. The molecule has 0 saturated carbocycles. The smallest absolute Gasteiger partial charge is 0.266 e. The number of amides is 1. The molecule has 0 aliphatic carbocycles. The minimum atomic E-state index is -0.118. The van der Waals surface area contributed by atoms with Crippen LogP contribution in [0.4, 0.5) is 0 Å².